The number of aryl methyl sites for hydroxylation is 1. The van der Waals surface area contributed by atoms with Gasteiger partial charge in [-0.1, -0.05) is 33.6 Å². The number of nitrogens with zero attached hydrogens (tertiary/aromatic N) is 3. The Morgan fingerprint density at radius 1 is 1.33 bits per heavy atom. The van der Waals surface area contributed by atoms with Crippen LogP contribution in [0.3, 0.4) is 0 Å². The van der Waals surface area contributed by atoms with Crippen molar-refractivity contribution in [1.29, 1.82) is 0 Å². The van der Waals surface area contributed by atoms with E-state index in [1.807, 2.05) is 11.6 Å². The predicted octanol–water partition coefficient (Wildman–Crippen LogP) is 2.79. The zero-order chi connectivity index (χ0) is 15.6. The minimum atomic E-state index is -0.714. The van der Waals surface area contributed by atoms with Gasteiger partial charge in [-0.2, -0.15) is 14.4 Å². The summed E-state index contributed by atoms with van der Waals surface area (Å²) in [7, 11) is 1.89. The smallest absolute Gasteiger partial charge is 0.314 e. The van der Waals surface area contributed by atoms with E-state index in [2.05, 4.69) is 48.0 Å². The van der Waals surface area contributed by atoms with E-state index in [9.17, 15) is 4.39 Å². The molecule has 3 unspecified atom stereocenters. The highest BCUT2D eigenvalue weighted by Crippen LogP contribution is 2.24. The maximum atomic E-state index is 13.5. The quantitative estimate of drug-likeness (QED) is 0.636. The fourth-order valence-electron chi connectivity index (χ4n) is 2.74. The molecular formula is C15H25FN5+. The van der Waals surface area contributed by atoms with Gasteiger partial charge in [0.25, 0.3) is 5.65 Å². The first-order valence-corrected chi connectivity index (χ1v) is 7.60. The largest absolute Gasteiger partial charge is 0.363 e. The van der Waals surface area contributed by atoms with E-state index in [4.69, 9.17) is 0 Å². The highest BCUT2D eigenvalue weighted by Gasteiger charge is 2.23. The zero-order valence-corrected chi connectivity index (χ0v) is 13.4. The standard InChI is InChI=1S/C15H24FN5/c1-6-7-9(2)10(3)11(4)18-14-12-13(17-8-21(12)5)19-15(16)20-14/h8-11H,6-7H2,1-5H3,(H,18,19,20)/p+1. The topological polar surface area (TPSA) is 57.5 Å². The molecule has 0 aliphatic carbocycles. The summed E-state index contributed by atoms with van der Waals surface area (Å²) in [5, 5.41) is 3.36. The summed E-state index contributed by atoms with van der Waals surface area (Å²) in [6.45, 7) is 8.81. The van der Waals surface area contributed by atoms with Gasteiger partial charge in [0.1, 0.15) is 0 Å². The fraction of sp³-hybridized carbons (Fsp3) is 0.667. The molecular weight excluding hydrogens is 269 g/mol. The van der Waals surface area contributed by atoms with Gasteiger partial charge in [0.15, 0.2) is 5.82 Å². The van der Waals surface area contributed by atoms with Gasteiger partial charge in [-0.25, -0.2) is 9.55 Å². The number of halogens is 1. The molecule has 0 bridgehead atoms. The van der Waals surface area contributed by atoms with Crippen molar-refractivity contribution in [1.82, 2.24) is 15.0 Å². The molecule has 3 atom stereocenters. The van der Waals surface area contributed by atoms with Gasteiger partial charge in [0.2, 0.25) is 11.8 Å². The molecule has 5 nitrogen and oxygen atoms in total. The molecule has 2 heterocycles. The highest BCUT2D eigenvalue weighted by atomic mass is 19.1. The van der Waals surface area contributed by atoms with E-state index in [0.29, 0.717) is 23.3 Å². The van der Waals surface area contributed by atoms with Gasteiger partial charge < -0.3 is 5.32 Å². The normalized spacial score (nSPS) is 15.9. The first-order chi connectivity index (χ1) is 9.93. The van der Waals surface area contributed by atoms with E-state index < -0.39 is 6.08 Å². The summed E-state index contributed by atoms with van der Waals surface area (Å²) >= 11 is 0. The number of hydrogen-bond donors (Lipinski definition) is 2. The van der Waals surface area contributed by atoms with Crippen molar-refractivity contribution >= 4 is 17.0 Å². The van der Waals surface area contributed by atoms with Gasteiger partial charge >= 0.3 is 6.08 Å². The predicted molar refractivity (Wildman–Crippen MR) is 81.3 cm³/mol. The van der Waals surface area contributed by atoms with Crippen LogP contribution in [-0.2, 0) is 7.05 Å². The van der Waals surface area contributed by atoms with Gasteiger partial charge in [-0.15, -0.1) is 0 Å². The van der Waals surface area contributed by atoms with Crippen molar-refractivity contribution < 1.29 is 8.96 Å². The average Bonchev–Trinajstić information content (AvgIpc) is 2.79. The summed E-state index contributed by atoms with van der Waals surface area (Å²) in [6, 6.07) is 0.207. The van der Waals surface area contributed by atoms with Crippen LogP contribution in [0.1, 0.15) is 40.5 Å². The van der Waals surface area contributed by atoms with E-state index in [-0.39, 0.29) is 6.04 Å². The van der Waals surface area contributed by atoms with Crippen molar-refractivity contribution in [3.63, 3.8) is 0 Å². The molecule has 116 valence electrons. The third-order valence-corrected chi connectivity index (χ3v) is 4.40. The summed E-state index contributed by atoms with van der Waals surface area (Å²) in [6.07, 6.45) is 3.40. The van der Waals surface area contributed by atoms with Crippen molar-refractivity contribution in [3.05, 3.63) is 12.4 Å². The second kappa shape index (κ2) is 6.37. The molecule has 0 aromatic carbocycles. The fourth-order valence-corrected chi connectivity index (χ4v) is 2.74. The number of aromatic amines is 1. The SMILES string of the molecule is CCCC(C)C(C)C(C)Nc1nc(F)nc2[nH]c[n+](C)c12. The molecule has 2 N–H and O–H groups in total. The van der Waals surface area contributed by atoms with Gasteiger partial charge in [0, 0.05) is 6.04 Å². The summed E-state index contributed by atoms with van der Waals surface area (Å²) in [4.78, 5) is 10.7. The van der Waals surface area contributed by atoms with Crippen molar-refractivity contribution in [2.24, 2.45) is 18.9 Å². The Labute approximate surface area is 125 Å². The van der Waals surface area contributed by atoms with Crippen LogP contribution in [-0.4, -0.2) is 21.0 Å². The summed E-state index contributed by atoms with van der Waals surface area (Å²) in [5.41, 5.74) is 1.30. The van der Waals surface area contributed by atoms with Crippen molar-refractivity contribution in [2.45, 2.75) is 46.6 Å². The van der Waals surface area contributed by atoms with Crippen LogP contribution in [0.25, 0.3) is 11.2 Å². The molecule has 0 aliphatic heterocycles. The number of nitrogens with one attached hydrogen (secondary N) is 2. The van der Waals surface area contributed by atoms with Crippen LogP contribution in [0.2, 0.25) is 0 Å². The summed E-state index contributed by atoms with van der Waals surface area (Å²) in [5.74, 6) is 1.63. The molecule has 0 radical (unpaired) electrons. The Morgan fingerprint density at radius 2 is 2.05 bits per heavy atom. The molecule has 0 aliphatic rings. The molecule has 2 aromatic rings. The molecule has 2 aromatic heterocycles. The Kier molecular flexibility index (Phi) is 4.75. The molecule has 21 heavy (non-hydrogen) atoms. The molecule has 0 spiro atoms. The van der Waals surface area contributed by atoms with Crippen LogP contribution in [0, 0.1) is 17.9 Å². The van der Waals surface area contributed by atoms with E-state index in [1.54, 1.807) is 6.33 Å². The van der Waals surface area contributed by atoms with Crippen LogP contribution < -0.4 is 9.88 Å². The number of imidazole rings is 1. The lowest BCUT2D eigenvalue weighted by atomic mass is 9.87. The molecule has 6 heteroatoms. The number of H-pyrrole nitrogens is 1. The Balaban J connectivity index is 2.24. The maximum absolute atomic E-state index is 13.5. The Morgan fingerprint density at radius 3 is 2.71 bits per heavy atom. The van der Waals surface area contributed by atoms with Gasteiger partial charge in [0.05, 0.1) is 7.05 Å². The van der Waals surface area contributed by atoms with E-state index in [1.165, 1.54) is 12.8 Å². The molecule has 0 fully saturated rings. The first kappa shape index (κ1) is 15.7. The second-order valence-electron chi connectivity index (χ2n) is 5.98. The van der Waals surface area contributed by atoms with Gasteiger partial charge in [-0.05, 0) is 18.8 Å². The maximum Gasteiger partial charge on any atom is 0.314 e. The number of rotatable bonds is 6. The zero-order valence-electron chi connectivity index (χ0n) is 13.4. The van der Waals surface area contributed by atoms with Gasteiger partial charge in [-0.3, -0.25) is 0 Å². The molecule has 2 rings (SSSR count). The summed E-state index contributed by atoms with van der Waals surface area (Å²) < 4.78 is 15.4. The lowest BCUT2D eigenvalue weighted by Gasteiger charge is -2.27. The van der Waals surface area contributed by atoms with E-state index in [0.717, 1.165) is 5.52 Å². The van der Waals surface area contributed by atoms with Crippen LogP contribution in [0.4, 0.5) is 10.2 Å². The number of fused-ring (bicyclic) bond motifs is 1. The minimum absolute atomic E-state index is 0.207. The van der Waals surface area contributed by atoms with Crippen molar-refractivity contribution in [2.75, 3.05) is 5.32 Å². The highest BCUT2D eigenvalue weighted by molar-refractivity contribution is 5.78. The van der Waals surface area contributed by atoms with Crippen LogP contribution in [0.15, 0.2) is 6.33 Å². The Hall–Kier alpha value is -1.72. The minimum Gasteiger partial charge on any atom is -0.363 e. The van der Waals surface area contributed by atoms with Crippen molar-refractivity contribution in [3.8, 4) is 0 Å². The number of aromatic nitrogens is 4. The third kappa shape index (κ3) is 3.31. The lowest BCUT2D eigenvalue weighted by molar-refractivity contribution is -0.644. The second-order valence-corrected chi connectivity index (χ2v) is 5.98. The number of hydrogen-bond acceptors (Lipinski definition) is 3. The lowest BCUT2D eigenvalue weighted by Crippen LogP contribution is -2.32. The van der Waals surface area contributed by atoms with Crippen LogP contribution in [0.5, 0.6) is 0 Å². The Bertz CT molecular complexity index is 609. The first-order valence-electron chi connectivity index (χ1n) is 7.60. The van der Waals surface area contributed by atoms with E-state index >= 15 is 0 Å². The monoisotopic (exact) mass is 294 g/mol. The molecule has 0 amide bonds. The average molecular weight is 294 g/mol. The third-order valence-electron chi connectivity index (χ3n) is 4.40. The molecule has 0 saturated heterocycles. The number of anilines is 1. The van der Waals surface area contributed by atoms with Crippen LogP contribution >= 0.6 is 0 Å². The molecule has 0 saturated carbocycles.